The number of nitrogens with zero attached hydrogens (tertiary/aromatic N) is 1. The van der Waals surface area contributed by atoms with Crippen molar-refractivity contribution < 1.29 is 18.7 Å². The molecule has 0 heterocycles. The summed E-state index contributed by atoms with van der Waals surface area (Å²) in [6.07, 6.45) is 0.284. The van der Waals surface area contributed by atoms with Crippen molar-refractivity contribution >= 4 is 23.4 Å². The number of hydrogen-bond acceptors (Lipinski definition) is 3. The molecule has 0 saturated heterocycles. The monoisotopic (exact) mass is 496 g/mol. The average molecular weight is 497 g/mol. The van der Waals surface area contributed by atoms with E-state index in [1.807, 2.05) is 51.1 Å². The molecule has 35 heavy (non-hydrogen) atoms. The first kappa shape index (κ1) is 26.2. The van der Waals surface area contributed by atoms with Crippen LogP contribution in [0.1, 0.15) is 29.2 Å². The van der Waals surface area contributed by atoms with Crippen molar-refractivity contribution in [3.63, 3.8) is 0 Å². The number of ether oxygens (including phenoxy) is 1. The number of rotatable bonds is 10. The van der Waals surface area contributed by atoms with Crippen LogP contribution in [0.15, 0.2) is 66.7 Å². The maximum Gasteiger partial charge on any atom is 0.261 e. The highest BCUT2D eigenvalue weighted by Crippen LogP contribution is 2.26. The topological polar surface area (TPSA) is 58.6 Å². The summed E-state index contributed by atoms with van der Waals surface area (Å²) in [4.78, 5) is 28.0. The largest absolute Gasteiger partial charge is 0.484 e. The lowest BCUT2D eigenvalue weighted by Gasteiger charge is -2.31. The van der Waals surface area contributed by atoms with E-state index >= 15 is 0 Å². The van der Waals surface area contributed by atoms with Crippen molar-refractivity contribution in [3.8, 4) is 5.75 Å². The first-order valence-electron chi connectivity index (χ1n) is 11.5. The molecule has 1 unspecified atom stereocenters. The predicted molar refractivity (Wildman–Crippen MR) is 136 cm³/mol. The summed E-state index contributed by atoms with van der Waals surface area (Å²) in [6.45, 7) is 5.57. The quantitative estimate of drug-likeness (QED) is 0.417. The number of carbonyl (C=O) groups is 2. The molecule has 0 aromatic heterocycles. The van der Waals surface area contributed by atoms with E-state index in [0.717, 1.165) is 16.7 Å². The maximum absolute atomic E-state index is 14.5. The molecule has 7 heteroatoms. The minimum atomic E-state index is -0.846. The molecule has 0 radical (unpaired) electrons. The van der Waals surface area contributed by atoms with Crippen LogP contribution in [-0.2, 0) is 22.6 Å². The van der Waals surface area contributed by atoms with Crippen molar-refractivity contribution in [3.05, 3.63) is 99.8 Å². The molecule has 1 N–H and O–H groups in total. The molecule has 0 aliphatic heterocycles. The van der Waals surface area contributed by atoms with Crippen LogP contribution in [0.4, 0.5) is 4.39 Å². The van der Waals surface area contributed by atoms with Crippen molar-refractivity contribution in [1.29, 1.82) is 0 Å². The Kier molecular flexibility index (Phi) is 9.26. The predicted octanol–water partition coefficient (Wildman–Crippen LogP) is 5.25. The van der Waals surface area contributed by atoms with Gasteiger partial charge in [0.05, 0.1) is 0 Å². The van der Waals surface area contributed by atoms with Gasteiger partial charge in [0, 0.05) is 30.1 Å². The normalized spacial score (nSPS) is 11.6. The van der Waals surface area contributed by atoms with E-state index in [2.05, 4.69) is 5.32 Å². The van der Waals surface area contributed by atoms with E-state index in [1.54, 1.807) is 30.3 Å². The molecule has 5 nitrogen and oxygen atoms in total. The van der Waals surface area contributed by atoms with Gasteiger partial charge in [0.15, 0.2) is 6.61 Å². The van der Waals surface area contributed by atoms with Crippen molar-refractivity contribution in [2.45, 2.75) is 39.8 Å². The molecule has 0 fully saturated rings. The Morgan fingerprint density at radius 3 is 2.29 bits per heavy atom. The van der Waals surface area contributed by atoms with Crippen LogP contribution in [0.5, 0.6) is 5.75 Å². The Hall–Kier alpha value is -3.38. The molecule has 2 amide bonds. The fraction of sp³-hybridized carbons (Fsp3) is 0.286. The van der Waals surface area contributed by atoms with E-state index in [-0.39, 0.29) is 25.5 Å². The van der Waals surface area contributed by atoms with Gasteiger partial charge in [-0.05, 0) is 55.7 Å². The van der Waals surface area contributed by atoms with Gasteiger partial charge in [-0.3, -0.25) is 9.59 Å². The highest BCUT2D eigenvalue weighted by Gasteiger charge is 2.31. The smallest absolute Gasteiger partial charge is 0.261 e. The Morgan fingerprint density at radius 1 is 1.03 bits per heavy atom. The first-order valence-corrected chi connectivity index (χ1v) is 11.9. The number of likely N-dealkylation sites (N-methyl/N-ethyl adjacent to an activating group) is 1. The lowest BCUT2D eigenvalue weighted by molar-refractivity contribution is -0.142. The molecule has 0 spiro atoms. The van der Waals surface area contributed by atoms with Crippen molar-refractivity contribution in [2.24, 2.45) is 0 Å². The van der Waals surface area contributed by atoms with Gasteiger partial charge in [0.1, 0.15) is 17.6 Å². The Bertz CT molecular complexity index is 1150. The van der Waals surface area contributed by atoms with Crippen molar-refractivity contribution in [2.75, 3.05) is 13.2 Å². The summed E-state index contributed by atoms with van der Waals surface area (Å²) in [6, 6.07) is 18.3. The van der Waals surface area contributed by atoms with Crippen molar-refractivity contribution in [1.82, 2.24) is 10.2 Å². The summed E-state index contributed by atoms with van der Waals surface area (Å²) >= 11 is 6.24. The second kappa shape index (κ2) is 12.4. The number of benzene rings is 3. The summed E-state index contributed by atoms with van der Waals surface area (Å²) in [5.74, 6) is -0.671. The minimum absolute atomic E-state index is 0.0673. The third-order valence-corrected chi connectivity index (χ3v) is 6.29. The molecule has 0 aliphatic carbocycles. The van der Waals surface area contributed by atoms with Crippen LogP contribution < -0.4 is 10.1 Å². The zero-order valence-electron chi connectivity index (χ0n) is 20.2. The molecule has 3 rings (SSSR count). The fourth-order valence-electron chi connectivity index (χ4n) is 3.87. The Morgan fingerprint density at radius 2 is 1.66 bits per heavy atom. The van der Waals surface area contributed by atoms with E-state index in [4.69, 9.17) is 16.3 Å². The summed E-state index contributed by atoms with van der Waals surface area (Å²) in [5, 5.41) is 3.46. The summed E-state index contributed by atoms with van der Waals surface area (Å²) < 4.78 is 20.3. The maximum atomic E-state index is 14.5. The second-order valence-electron chi connectivity index (χ2n) is 8.37. The molecule has 1 atom stereocenters. The van der Waals surface area contributed by atoms with Crippen LogP contribution in [0.2, 0.25) is 5.02 Å². The number of carbonyl (C=O) groups excluding carboxylic acids is 2. The SMILES string of the molecule is CCNC(=O)C(Cc1ccccc1)N(Cc1ccccc1F)C(=O)COc1cc(C)c(Cl)c(C)c1. The summed E-state index contributed by atoms with van der Waals surface area (Å²) in [7, 11) is 0. The molecule has 0 saturated carbocycles. The number of hydrogen-bond donors (Lipinski definition) is 1. The zero-order valence-corrected chi connectivity index (χ0v) is 20.9. The molecular weight excluding hydrogens is 467 g/mol. The van der Waals surface area contributed by atoms with Gasteiger partial charge in [-0.2, -0.15) is 0 Å². The standard InChI is InChI=1S/C28H30ClFN2O3/c1-4-31-28(34)25(16-21-10-6-5-7-11-21)32(17-22-12-8-9-13-24(22)30)26(33)18-35-23-14-19(2)27(29)20(3)15-23/h5-15,25H,4,16-18H2,1-3H3,(H,31,34). The van der Waals surface area contributed by atoms with E-state index in [9.17, 15) is 14.0 Å². The van der Waals surface area contributed by atoms with Gasteiger partial charge in [-0.25, -0.2) is 4.39 Å². The van der Waals surface area contributed by atoms with Crippen LogP contribution >= 0.6 is 11.6 Å². The Labute approximate surface area is 210 Å². The fourth-order valence-corrected chi connectivity index (χ4v) is 3.98. The van der Waals surface area contributed by atoms with E-state index in [1.165, 1.54) is 11.0 Å². The molecule has 3 aromatic rings. The number of amides is 2. The number of aryl methyl sites for hydroxylation is 2. The number of halogens is 2. The highest BCUT2D eigenvalue weighted by atomic mass is 35.5. The molecule has 3 aromatic carbocycles. The zero-order chi connectivity index (χ0) is 25.4. The first-order chi connectivity index (χ1) is 16.8. The van der Waals surface area contributed by atoms with E-state index in [0.29, 0.717) is 22.9 Å². The highest BCUT2D eigenvalue weighted by molar-refractivity contribution is 6.32. The van der Waals surface area contributed by atoms with Gasteiger partial charge >= 0.3 is 0 Å². The van der Waals surface area contributed by atoms with Crippen LogP contribution in [0.3, 0.4) is 0 Å². The Balaban J connectivity index is 1.91. The van der Waals surface area contributed by atoms with E-state index < -0.39 is 17.8 Å². The van der Waals surface area contributed by atoms with Crippen LogP contribution in [-0.4, -0.2) is 35.9 Å². The minimum Gasteiger partial charge on any atom is -0.484 e. The third kappa shape index (κ3) is 7.06. The molecular formula is C28H30ClFN2O3. The summed E-state index contributed by atoms with van der Waals surface area (Å²) in [5.41, 5.74) is 2.88. The van der Waals surface area contributed by atoms with Gasteiger partial charge in [-0.15, -0.1) is 0 Å². The average Bonchev–Trinajstić information content (AvgIpc) is 2.85. The lowest BCUT2D eigenvalue weighted by atomic mass is 10.0. The lowest BCUT2D eigenvalue weighted by Crippen LogP contribution is -2.51. The van der Waals surface area contributed by atoms with Crippen LogP contribution in [0.25, 0.3) is 0 Å². The van der Waals surface area contributed by atoms with Gasteiger partial charge in [-0.1, -0.05) is 60.1 Å². The van der Waals surface area contributed by atoms with Gasteiger partial charge < -0.3 is 15.0 Å². The number of nitrogens with one attached hydrogen (secondary N) is 1. The second-order valence-corrected chi connectivity index (χ2v) is 8.75. The van der Waals surface area contributed by atoms with Gasteiger partial charge in [0.2, 0.25) is 5.91 Å². The molecule has 0 bridgehead atoms. The van der Waals surface area contributed by atoms with Gasteiger partial charge in [0.25, 0.3) is 5.91 Å². The van der Waals surface area contributed by atoms with Crippen LogP contribution in [0, 0.1) is 19.7 Å². The molecule has 0 aliphatic rings. The molecule has 184 valence electrons. The third-order valence-electron chi connectivity index (χ3n) is 5.69.